The topological polar surface area (TPSA) is 41.6 Å². The van der Waals surface area contributed by atoms with E-state index in [-0.39, 0.29) is 5.97 Å². The van der Waals surface area contributed by atoms with Crippen LogP contribution in [0.5, 0.6) is 0 Å². The number of hydrogen-bond acceptors (Lipinski definition) is 4. The maximum atomic E-state index is 11.9. The molecule has 1 N–H and O–H groups in total. The van der Waals surface area contributed by atoms with Crippen LogP contribution in [0, 0.1) is 11.3 Å². The van der Waals surface area contributed by atoms with E-state index in [1.165, 1.54) is 26.4 Å². The van der Waals surface area contributed by atoms with Crippen molar-refractivity contribution in [3.05, 3.63) is 0 Å². The van der Waals surface area contributed by atoms with Gasteiger partial charge in [-0.15, -0.1) is 0 Å². The third-order valence-electron chi connectivity index (χ3n) is 5.16. The van der Waals surface area contributed by atoms with Gasteiger partial charge in [-0.25, -0.2) is 0 Å². The predicted molar refractivity (Wildman–Crippen MR) is 87.3 cm³/mol. The molecule has 0 spiro atoms. The first-order valence-electron chi connectivity index (χ1n) is 8.22. The summed E-state index contributed by atoms with van der Waals surface area (Å²) in [6.07, 6.45) is 4.63. The number of likely N-dealkylation sites (tertiary alicyclic amines) is 1. The van der Waals surface area contributed by atoms with Crippen LogP contribution in [0.1, 0.15) is 53.4 Å². The van der Waals surface area contributed by atoms with E-state index in [2.05, 4.69) is 31.0 Å². The maximum absolute atomic E-state index is 11.9. The Balaban J connectivity index is 2.51. The van der Waals surface area contributed by atoms with E-state index in [4.69, 9.17) is 4.74 Å². The summed E-state index contributed by atoms with van der Waals surface area (Å²) in [5.41, 5.74) is -0.175. The molecule has 0 bridgehead atoms. The van der Waals surface area contributed by atoms with Crippen molar-refractivity contribution < 1.29 is 9.53 Å². The molecule has 1 rings (SSSR count). The largest absolute Gasteiger partial charge is 0.468 e. The molecule has 1 fully saturated rings. The molecule has 0 radical (unpaired) electrons. The first-order chi connectivity index (χ1) is 9.73. The van der Waals surface area contributed by atoms with Gasteiger partial charge in [0, 0.05) is 6.54 Å². The molecule has 124 valence electrons. The van der Waals surface area contributed by atoms with E-state index in [1.807, 2.05) is 14.0 Å². The second-order valence-corrected chi connectivity index (χ2v) is 7.66. The van der Waals surface area contributed by atoms with E-state index in [9.17, 15) is 4.79 Å². The van der Waals surface area contributed by atoms with Crippen molar-refractivity contribution in [3.8, 4) is 0 Å². The highest BCUT2D eigenvalue weighted by Crippen LogP contribution is 2.34. The summed E-state index contributed by atoms with van der Waals surface area (Å²) in [5.74, 6) is 0.631. The first-order valence-corrected chi connectivity index (χ1v) is 8.22. The van der Waals surface area contributed by atoms with Crippen LogP contribution in [0.2, 0.25) is 0 Å². The quantitative estimate of drug-likeness (QED) is 0.792. The normalized spacial score (nSPS) is 24.2. The summed E-state index contributed by atoms with van der Waals surface area (Å²) in [6.45, 7) is 12.2. The highest BCUT2D eigenvalue weighted by atomic mass is 16.5. The Morgan fingerprint density at radius 3 is 2.43 bits per heavy atom. The molecule has 21 heavy (non-hydrogen) atoms. The zero-order valence-corrected chi connectivity index (χ0v) is 14.8. The number of esters is 1. The molecule has 4 nitrogen and oxygen atoms in total. The van der Waals surface area contributed by atoms with Crippen molar-refractivity contribution in [3.63, 3.8) is 0 Å². The summed E-state index contributed by atoms with van der Waals surface area (Å²) >= 11 is 0. The lowest BCUT2D eigenvalue weighted by Gasteiger charge is -2.31. The zero-order valence-electron chi connectivity index (χ0n) is 14.8. The SMILES string of the molecule is CNC(C)(CCN1CCCC(C(C)(C)C)CC1)C(=O)OC. The van der Waals surface area contributed by atoms with Gasteiger partial charge in [0.15, 0.2) is 0 Å². The first kappa shape index (κ1) is 18.4. The summed E-state index contributed by atoms with van der Waals surface area (Å²) < 4.78 is 4.91. The summed E-state index contributed by atoms with van der Waals surface area (Å²) in [5, 5.41) is 3.12. The average molecular weight is 298 g/mol. The number of rotatable bonds is 5. The van der Waals surface area contributed by atoms with Crippen molar-refractivity contribution in [1.82, 2.24) is 10.2 Å². The van der Waals surface area contributed by atoms with Crippen LogP contribution in [0.25, 0.3) is 0 Å². The van der Waals surface area contributed by atoms with Crippen LogP contribution >= 0.6 is 0 Å². The highest BCUT2D eigenvalue weighted by molar-refractivity contribution is 5.80. The van der Waals surface area contributed by atoms with Gasteiger partial charge >= 0.3 is 5.97 Å². The van der Waals surface area contributed by atoms with Crippen LogP contribution in [0.3, 0.4) is 0 Å². The smallest absolute Gasteiger partial charge is 0.325 e. The Morgan fingerprint density at radius 1 is 1.24 bits per heavy atom. The molecule has 0 amide bonds. The van der Waals surface area contributed by atoms with Crippen LogP contribution in [0.4, 0.5) is 0 Å². The lowest BCUT2D eigenvalue weighted by atomic mass is 9.77. The van der Waals surface area contributed by atoms with Gasteiger partial charge in [-0.05, 0) is 64.1 Å². The monoisotopic (exact) mass is 298 g/mol. The molecule has 1 aliphatic heterocycles. The van der Waals surface area contributed by atoms with Crippen molar-refractivity contribution in [1.29, 1.82) is 0 Å². The molecule has 0 aliphatic carbocycles. The number of nitrogens with one attached hydrogen (secondary N) is 1. The Labute approximate surface area is 130 Å². The molecule has 0 saturated carbocycles. The van der Waals surface area contributed by atoms with Crippen molar-refractivity contribution in [2.45, 2.75) is 58.9 Å². The Kier molecular flexibility index (Phi) is 6.67. The van der Waals surface area contributed by atoms with Crippen molar-refractivity contribution in [2.24, 2.45) is 11.3 Å². The van der Waals surface area contributed by atoms with Crippen molar-refractivity contribution in [2.75, 3.05) is 33.8 Å². The Bertz CT molecular complexity index is 338. The van der Waals surface area contributed by atoms with E-state index in [0.29, 0.717) is 5.41 Å². The number of carbonyl (C=O) groups excluding carboxylic acids is 1. The van der Waals surface area contributed by atoms with Crippen LogP contribution in [-0.2, 0) is 9.53 Å². The van der Waals surface area contributed by atoms with Gasteiger partial charge in [0.05, 0.1) is 7.11 Å². The molecule has 1 heterocycles. The van der Waals surface area contributed by atoms with E-state index in [1.54, 1.807) is 0 Å². The fourth-order valence-corrected chi connectivity index (χ4v) is 3.18. The number of likely N-dealkylation sites (N-methyl/N-ethyl adjacent to an activating group) is 1. The lowest BCUT2D eigenvalue weighted by Crippen LogP contribution is -2.50. The minimum absolute atomic E-state index is 0.174. The summed E-state index contributed by atoms with van der Waals surface area (Å²) in [6, 6.07) is 0. The molecule has 2 unspecified atom stereocenters. The average Bonchev–Trinajstić information content (AvgIpc) is 2.69. The number of ether oxygens (including phenoxy) is 1. The number of carbonyl (C=O) groups is 1. The molecule has 0 aromatic rings. The lowest BCUT2D eigenvalue weighted by molar-refractivity contribution is -0.148. The van der Waals surface area contributed by atoms with Crippen LogP contribution in [0.15, 0.2) is 0 Å². The van der Waals surface area contributed by atoms with Gasteiger partial charge < -0.3 is 15.0 Å². The van der Waals surface area contributed by atoms with Gasteiger partial charge in [-0.2, -0.15) is 0 Å². The minimum atomic E-state index is -0.579. The molecule has 1 aliphatic rings. The second-order valence-electron chi connectivity index (χ2n) is 7.66. The van der Waals surface area contributed by atoms with Crippen LogP contribution in [-0.4, -0.2) is 50.2 Å². The van der Waals surface area contributed by atoms with Gasteiger partial charge in [0.25, 0.3) is 0 Å². The molecular weight excluding hydrogens is 264 g/mol. The number of methoxy groups -OCH3 is 1. The zero-order chi connectivity index (χ0) is 16.1. The fraction of sp³-hybridized carbons (Fsp3) is 0.941. The van der Waals surface area contributed by atoms with Gasteiger partial charge in [-0.1, -0.05) is 20.8 Å². The molecule has 0 aromatic carbocycles. The Morgan fingerprint density at radius 2 is 1.90 bits per heavy atom. The standard InChI is InChI=1S/C17H34N2O2/c1-16(2,3)14-8-7-11-19(12-9-14)13-10-17(4,18-5)15(20)21-6/h14,18H,7-13H2,1-6H3. The molecule has 2 atom stereocenters. The highest BCUT2D eigenvalue weighted by Gasteiger charge is 2.33. The van der Waals surface area contributed by atoms with Crippen molar-refractivity contribution >= 4 is 5.97 Å². The summed E-state index contributed by atoms with van der Waals surface area (Å²) in [4.78, 5) is 14.4. The second kappa shape index (κ2) is 7.59. The molecular formula is C17H34N2O2. The van der Waals surface area contributed by atoms with Gasteiger partial charge in [0.2, 0.25) is 0 Å². The van der Waals surface area contributed by atoms with E-state index >= 15 is 0 Å². The third kappa shape index (κ3) is 5.26. The molecule has 0 aromatic heterocycles. The molecule has 1 saturated heterocycles. The minimum Gasteiger partial charge on any atom is -0.468 e. The predicted octanol–water partition coefficient (Wildman–Crippen LogP) is 2.68. The van der Waals surface area contributed by atoms with Gasteiger partial charge in [0.1, 0.15) is 5.54 Å². The fourth-order valence-electron chi connectivity index (χ4n) is 3.18. The third-order valence-corrected chi connectivity index (χ3v) is 5.16. The van der Waals surface area contributed by atoms with Gasteiger partial charge in [-0.3, -0.25) is 4.79 Å². The maximum Gasteiger partial charge on any atom is 0.325 e. The Hall–Kier alpha value is -0.610. The number of hydrogen-bond donors (Lipinski definition) is 1. The van der Waals surface area contributed by atoms with E-state index < -0.39 is 5.54 Å². The van der Waals surface area contributed by atoms with E-state index in [0.717, 1.165) is 32.0 Å². The molecule has 4 heteroatoms. The van der Waals surface area contributed by atoms with Crippen LogP contribution < -0.4 is 5.32 Å². The number of nitrogens with zero attached hydrogens (tertiary/aromatic N) is 1. The summed E-state index contributed by atoms with van der Waals surface area (Å²) in [7, 11) is 3.28.